The third-order valence-corrected chi connectivity index (χ3v) is 3.71. The van der Waals surface area contributed by atoms with Crippen LogP contribution in [0.5, 0.6) is 11.5 Å². The summed E-state index contributed by atoms with van der Waals surface area (Å²) < 4.78 is 16.2. The van der Waals surface area contributed by atoms with Crippen molar-refractivity contribution in [3.8, 4) is 11.5 Å². The second-order valence-electron chi connectivity index (χ2n) is 5.08. The molecule has 0 saturated heterocycles. The Bertz CT molecular complexity index is 690. The molecule has 0 aliphatic carbocycles. The molecule has 1 aromatic heterocycles. The van der Waals surface area contributed by atoms with Gasteiger partial charge in [0.1, 0.15) is 13.2 Å². The number of carbonyl (C=O) groups excluding carboxylic acids is 1. The van der Waals surface area contributed by atoms with Crippen LogP contribution in [0.2, 0.25) is 5.02 Å². The molecule has 1 aliphatic heterocycles. The second kappa shape index (κ2) is 7.33. The summed E-state index contributed by atoms with van der Waals surface area (Å²) in [6, 6.07) is 7.04. The van der Waals surface area contributed by atoms with Gasteiger partial charge in [-0.15, -0.1) is 0 Å². The first kappa shape index (κ1) is 15.6. The van der Waals surface area contributed by atoms with Gasteiger partial charge in [-0.05, 0) is 42.7 Å². The van der Waals surface area contributed by atoms with E-state index in [1.807, 2.05) is 12.1 Å². The van der Waals surface area contributed by atoms with Crippen molar-refractivity contribution in [1.29, 1.82) is 0 Å². The molecule has 5 nitrogen and oxygen atoms in total. The van der Waals surface area contributed by atoms with Crippen molar-refractivity contribution in [2.24, 2.45) is 0 Å². The lowest BCUT2D eigenvalue weighted by Crippen LogP contribution is -2.16. The highest BCUT2D eigenvalue weighted by Crippen LogP contribution is 2.38. The van der Waals surface area contributed by atoms with Crippen LogP contribution in [-0.2, 0) is 11.2 Å². The quantitative estimate of drug-likeness (QED) is 0.620. The van der Waals surface area contributed by atoms with E-state index < -0.39 is 5.97 Å². The van der Waals surface area contributed by atoms with Crippen LogP contribution in [0.4, 0.5) is 0 Å². The minimum absolute atomic E-state index is 0.340. The Kier molecular flexibility index (Phi) is 4.98. The summed E-state index contributed by atoms with van der Waals surface area (Å²) in [5.74, 6) is 0.540. The maximum atomic E-state index is 12.1. The average Bonchev–Trinajstić information content (AvgIpc) is 2.59. The number of esters is 1. The summed E-state index contributed by atoms with van der Waals surface area (Å²) in [5.41, 5.74) is 1.53. The van der Waals surface area contributed by atoms with E-state index in [4.69, 9.17) is 25.8 Å². The van der Waals surface area contributed by atoms with Crippen molar-refractivity contribution < 1.29 is 19.0 Å². The van der Waals surface area contributed by atoms with Crippen molar-refractivity contribution in [3.05, 3.63) is 52.8 Å². The van der Waals surface area contributed by atoms with Gasteiger partial charge in [0, 0.05) is 12.4 Å². The fourth-order valence-electron chi connectivity index (χ4n) is 2.30. The van der Waals surface area contributed by atoms with E-state index in [9.17, 15) is 4.79 Å². The number of fused-ring (bicyclic) bond motifs is 1. The predicted molar refractivity (Wildman–Crippen MR) is 85.3 cm³/mol. The molecular formula is C17H16ClNO4. The smallest absolute Gasteiger partial charge is 0.338 e. The zero-order chi connectivity index (χ0) is 16.1. The number of hydrogen-bond donors (Lipinski definition) is 0. The molecule has 0 amide bonds. The molecule has 6 heteroatoms. The summed E-state index contributed by atoms with van der Waals surface area (Å²) in [4.78, 5) is 16.1. The first-order chi connectivity index (χ1) is 11.2. The van der Waals surface area contributed by atoms with E-state index in [0.717, 1.165) is 12.8 Å². The third kappa shape index (κ3) is 3.93. The topological polar surface area (TPSA) is 57.7 Å². The zero-order valence-corrected chi connectivity index (χ0v) is 13.2. The van der Waals surface area contributed by atoms with E-state index in [1.165, 1.54) is 5.56 Å². The molecule has 0 N–H and O–H groups in total. The number of rotatable bonds is 5. The first-order valence-electron chi connectivity index (χ1n) is 7.39. The van der Waals surface area contributed by atoms with Crippen molar-refractivity contribution in [3.63, 3.8) is 0 Å². The van der Waals surface area contributed by atoms with Crippen molar-refractivity contribution in [1.82, 2.24) is 4.98 Å². The molecule has 2 heterocycles. The molecule has 0 unspecified atom stereocenters. The number of halogens is 1. The summed E-state index contributed by atoms with van der Waals surface area (Å²) >= 11 is 6.11. The predicted octanol–water partition coefficient (Wildman–Crippen LogP) is 3.30. The highest BCUT2D eigenvalue weighted by Gasteiger charge is 2.19. The van der Waals surface area contributed by atoms with Gasteiger partial charge in [0.15, 0.2) is 11.5 Å². The van der Waals surface area contributed by atoms with Crippen LogP contribution in [0.3, 0.4) is 0 Å². The van der Waals surface area contributed by atoms with Crippen LogP contribution < -0.4 is 9.47 Å². The normalized spacial score (nSPS) is 12.7. The van der Waals surface area contributed by atoms with Crippen molar-refractivity contribution in [2.45, 2.75) is 12.8 Å². The Morgan fingerprint density at radius 2 is 2.00 bits per heavy atom. The number of ether oxygens (including phenoxy) is 3. The van der Waals surface area contributed by atoms with Crippen molar-refractivity contribution >= 4 is 17.6 Å². The zero-order valence-electron chi connectivity index (χ0n) is 12.5. The van der Waals surface area contributed by atoms with Crippen LogP contribution in [0, 0.1) is 0 Å². The van der Waals surface area contributed by atoms with Crippen LogP contribution >= 0.6 is 11.6 Å². The molecule has 2 aromatic rings. The molecule has 0 radical (unpaired) electrons. The van der Waals surface area contributed by atoms with Gasteiger partial charge in [0.25, 0.3) is 0 Å². The van der Waals surface area contributed by atoms with E-state index in [0.29, 0.717) is 41.9 Å². The Balaban J connectivity index is 1.55. The lowest BCUT2D eigenvalue weighted by Gasteiger charge is -2.20. The number of pyridine rings is 1. The molecule has 1 aliphatic rings. The van der Waals surface area contributed by atoms with Gasteiger partial charge in [-0.1, -0.05) is 11.6 Å². The SMILES string of the molecule is O=C(OCCCc1ccncc1)c1cc(Cl)c2c(c1)OCCO2. The van der Waals surface area contributed by atoms with Gasteiger partial charge < -0.3 is 14.2 Å². The number of nitrogens with zero attached hydrogens (tertiary/aromatic N) is 1. The molecule has 1 aromatic carbocycles. The first-order valence-corrected chi connectivity index (χ1v) is 7.77. The second-order valence-corrected chi connectivity index (χ2v) is 5.48. The Labute approximate surface area is 139 Å². The third-order valence-electron chi connectivity index (χ3n) is 3.42. The van der Waals surface area contributed by atoms with E-state index in [2.05, 4.69) is 4.98 Å². The Morgan fingerprint density at radius 3 is 2.83 bits per heavy atom. The summed E-state index contributed by atoms with van der Waals surface area (Å²) in [5, 5.41) is 0.353. The Hall–Kier alpha value is -2.27. The molecule has 0 atom stereocenters. The molecule has 0 spiro atoms. The van der Waals surface area contributed by atoms with Crippen LogP contribution in [-0.4, -0.2) is 30.8 Å². The number of aromatic nitrogens is 1. The van der Waals surface area contributed by atoms with Gasteiger partial charge in [-0.25, -0.2) is 4.79 Å². The van der Waals surface area contributed by atoms with Gasteiger partial charge >= 0.3 is 5.97 Å². The minimum Gasteiger partial charge on any atom is -0.486 e. The molecule has 23 heavy (non-hydrogen) atoms. The van der Waals surface area contributed by atoms with E-state index >= 15 is 0 Å². The van der Waals surface area contributed by atoms with Gasteiger partial charge in [-0.3, -0.25) is 4.98 Å². The summed E-state index contributed by atoms with van der Waals surface area (Å²) in [7, 11) is 0. The van der Waals surface area contributed by atoms with Crippen molar-refractivity contribution in [2.75, 3.05) is 19.8 Å². The molecule has 3 rings (SSSR count). The Morgan fingerprint density at radius 1 is 1.22 bits per heavy atom. The average molecular weight is 334 g/mol. The molecule has 0 saturated carbocycles. The maximum Gasteiger partial charge on any atom is 0.338 e. The standard InChI is InChI=1S/C17H16ClNO4/c18-14-10-13(11-15-16(14)22-9-8-21-15)17(20)23-7-1-2-12-3-5-19-6-4-12/h3-6,10-11H,1-2,7-9H2. The lowest BCUT2D eigenvalue weighted by molar-refractivity contribution is 0.0499. The van der Waals surface area contributed by atoms with Gasteiger partial charge in [0.05, 0.1) is 17.2 Å². The van der Waals surface area contributed by atoms with E-state index in [1.54, 1.807) is 24.5 Å². The number of carbonyl (C=O) groups is 1. The number of benzene rings is 1. The molecule has 0 fully saturated rings. The molecule has 120 valence electrons. The largest absolute Gasteiger partial charge is 0.486 e. The lowest BCUT2D eigenvalue weighted by atomic mass is 10.1. The van der Waals surface area contributed by atoms with Gasteiger partial charge in [0.2, 0.25) is 0 Å². The van der Waals surface area contributed by atoms with Crippen LogP contribution in [0.25, 0.3) is 0 Å². The van der Waals surface area contributed by atoms with Gasteiger partial charge in [-0.2, -0.15) is 0 Å². The monoisotopic (exact) mass is 333 g/mol. The summed E-state index contributed by atoms with van der Waals surface area (Å²) in [6.07, 6.45) is 5.07. The highest BCUT2D eigenvalue weighted by molar-refractivity contribution is 6.32. The fraction of sp³-hybridized carbons (Fsp3) is 0.294. The molecular weight excluding hydrogens is 318 g/mol. The van der Waals surface area contributed by atoms with E-state index in [-0.39, 0.29) is 0 Å². The molecule has 0 bridgehead atoms. The van der Waals surface area contributed by atoms with Crippen LogP contribution in [0.1, 0.15) is 22.3 Å². The highest BCUT2D eigenvalue weighted by atomic mass is 35.5. The maximum absolute atomic E-state index is 12.1. The fourth-order valence-corrected chi connectivity index (χ4v) is 2.57. The summed E-state index contributed by atoms with van der Waals surface area (Å²) in [6.45, 7) is 1.23. The minimum atomic E-state index is -0.418. The number of hydrogen-bond acceptors (Lipinski definition) is 5. The van der Waals surface area contributed by atoms with Crippen LogP contribution in [0.15, 0.2) is 36.7 Å². The number of aryl methyl sites for hydroxylation is 1.